The summed E-state index contributed by atoms with van der Waals surface area (Å²) in [7, 11) is 0. The first-order valence-electron chi connectivity index (χ1n) is 6.09. The summed E-state index contributed by atoms with van der Waals surface area (Å²) < 4.78 is 69.2. The van der Waals surface area contributed by atoms with Crippen molar-refractivity contribution in [1.29, 1.82) is 0 Å². The maximum atomic E-state index is 13.3. The second-order valence-corrected chi connectivity index (χ2v) is 5.50. The van der Waals surface area contributed by atoms with Crippen molar-refractivity contribution in [2.24, 2.45) is 5.73 Å². The smallest absolute Gasteiger partial charge is 0.458 e. The number of hydrogen-bond donors (Lipinski definition) is 2. The minimum atomic E-state index is -5.71. The van der Waals surface area contributed by atoms with Gasteiger partial charge < -0.3 is 15.6 Å². The molecule has 9 heteroatoms. The zero-order chi connectivity index (χ0) is 16.2. The van der Waals surface area contributed by atoms with E-state index in [-0.39, 0.29) is 23.7 Å². The number of ether oxygens (including phenoxy) is 1. The molecule has 2 atom stereocenters. The van der Waals surface area contributed by atoms with Crippen molar-refractivity contribution in [2.45, 2.75) is 43.7 Å². The first-order chi connectivity index (χ1) is 9.38. The quantitative estimate of drug-likeness (QED) is 0.766. The van der Waals surface area contributed by atoms with Crippen molar-refractivity contribution in [2.75, 3.05) is 0 Å². The summed E-state index contributed by atoms with van der Waals surface area (Å²) in [6, 6.07) is 1.17. The van der Waals surface area contributed by atoms with E-state index >= 15 is 0 Å². The van der Waals surface area contributed by atoms with Crippen molar-refractivity contribution in [3.05, 3.63) is 29.3 Å². The largest absolute Gasteiger partial charge is 0.485 e. The molecule has 2 rings (SSSR count). The summed E-state index contributed by atoms with van der Waals surface area (Å²) in [5.74, 6) is -4.92. The van der Waals surface area contributed by atoms with Crippen LogP contribution in [0.4, 0.5) is 22.0 Å². The van der Waals surface area contributed by atoms with Crippen LogP contribution in [-0.2, 0) is 5.92 Å². The lowest BCUT2D eigenvalue weighted by Crippen LogP contribution is -2.51. The fourth-order valence-corrected chi connectivity index (χ4v) is 2.21. The lowest BCUT2D eigenvalue weighted by atomic mass is 9.86. The molecule has 126 valence electrons. The molecular weight excluding hydrogens is 333 g/mol. The highest BCUT2D eigenvalue weighted by atomic mass is 35.5. The molecule has 22 heavy (non-hydrogen) atoms. The molecule has 0 amide bonds. The van der Waals surface area contributed by atoms with Crippen molar-refractivity contribution in [3.8, 4) is 5.75 Å². The molecule has 1 aromatic carbocycles. The van der Waals surface area contributed by atoms with Gasteiger partial charge in [-0.15, -0.1) is 12.4 Å². The maximum Gasteiger partial charge on any atom is 0.458 e. The summed E-state index contributed by atoms with van der Waals surface area (Å²) in [6.45, 7) is 3.08. The van der Waals surface area contributed by atoms with Gasteiger partial charge in [-0.25, -0.2) is 0 Å². The first kappa shape index (κ1) is 18.9. The Bertz CT molecular complexity index is 562. The molecule has 0 bridgehead atoms. The van der Waals surface area contributed by atoms with Crippen molar-refractivity contribution >= 4 is 12.4 Å². The number of alkyl halides is 5. The Labute approximate surface area is 129 Å². The fraction of sp³-hybridized carbons (Fsp3) is 0.538. The maximum absolute atomic E-state index is 13.3. The van der Waals surface area contributed by atoms with E-state index in [1.54, 1.807) is 13.8 Å². The lowest BCUT2D eigenvalue weighted by molar-refractivity contribution is -0.289. The molecule has 0 aromatic heterocycles. The van der Waals surface area contributed by atoms with Gasteiger partial charge in [-0.3, -0.25) is 0 Å². The van der Waals surface area contributed by atoms with Crippen LogP contribution in [0.5, 0.6) is 5.75 Å². The lowest BCUT2D eigenvalue weighted by Gasteiger charge is -2.41. The number of rotatable bonds is 1. The Morgan fingerprint density at radius 2 is 1.73 bits per heavy atom. The molecule has 0 fully saturated rings. The van der Waals surface area contributed by atoms with Gasteiger partial charge >= 0.3 is 12.1 Å². The van der Waals surface area contributed by atoms with E-state index in [1.807, 2.05) is 0 Å². The molecule has 1 aliphatic rings. The van der Waals surface area contributed by atoms with E-state index in [0.717, 1.165) is 6.07 Å². The summed E-state index contributed by atoms with van der Waals surface area (Å²) in [4.78, 5) is 0. The summed E-state index contributed by atoms with van der Waals surface area (Å²) in [5, 5.41) is 9.95. The van der Waals surface area contributed by atoms with Gasteiger partial charge in [0, 0.05) is 11.1 Å². The van der Waals surface area contributed by atoms with Crippen LogP contribution in [0, 0.1) is 0 Å². The first-order valence-corrected chi connectivity index (χ1v) is 6.09. The van der Waals surface area contributed by atoms with Crippen LogP contribution in [0.2, 0.25) is 0 Å². The number of benzene rings is 1. The SMILES string of the molecule is CC1(C)Oc2ccc(C(F)(F)C(F)(F)F)cc2C(N)C1O.Cl. The van der Waals surface area contributed by atoms with Crippen LogP contribution in [0.1, 0.15) is 31.0 Å². The van der Waals surface area contributed by atoms with Crippen LogP contribution < -0.4 is 10.5 Å². The Kier molecular flexibility index (Phi) is 4.74. The minimum absolute atomic E-state index is 0. The highest BCUT2D eigenvalue weighted by molar-refractivity contribution is 5.85. The van der Waals surface area contributed by atoms with Crippen LogP contribution in [0.15, 0.2) is 18.2 Å². The van der Waals surface area contributed by atoms with Gasteiger partial charge in [-0.2, -0.15) is 22.0 Å². The highest BCUT2D eigenvalue weighted by Gasteiger charge is 2.59. The Morgan fingerprint density at radius 3 is 2.23 bits per heavy atom. The fourth-order valence-electron chi connectivity index (χ4n) is 2.21. The summed E-state index contributed by atoms with van der Waals surface area (Å²) in [5.41, 5.74) is 3.34. The third-order valence-electron chi connectivity index (χ3n) is 3.51. The van der Waals surface area contributed by atoms with E-state index in [0.29, 0.717) is 12.1 Å². The van der Waals surface area contributed by atoms with Gasteiger partial charge in [0.25, 0.3) is 0 Å². The van der Waals surface area contributed by atoms with E-state index < -0.39 is 35.4 Å². The topological polar surface area (TPSA) is 55.5 Å². The molecule has 0 saturated heterocycles. The Balaban J connectivity index is 0.00000242. The molecule has 0 radical (unpaired) electrons. The Morgan fingerprint density at radius 1 is 1.18 bits per heavy atom. The van der Waals surface area contributed by atoms with Crippen LogP contribution in [0.25, 0.3) is 0 Å². The van der Waals surface area contributed by atoms with Crippen molar-refractivity contribution in [1.82, 2.24) is 0 Å². The normalized spacial score (nSPS) is 24.0. The zero-order valence-electron chi connectivity index (χ0n) is 11.6. The van der Waals surface area contributed by atoms with Crippen LogP contribution >= 0.6 is 12.4 Å². The average molecular weight is 348 g/mol. The van der Waals surface area contributed by atoms with Gasteiger partial charge in [0.2, 0.25) is 0 Å². The molecule has 3 N–H and O–H groups in total. The van der Waals surface area contributed by atoms with Gasteiger partial charge in [0.05, 0.1) is 6.04 Å². The molecule has 0 spiro atoms. The summed E-state index contributed by atoms with van der Waals surface area (Å²) >= 11 is 0. The van der Waals surface area contributed by atoms with Crippen LogP contribution in [0.3, 0.4) is 0 Å². The summed E-state index contributed by atoms with van der Waals surface area (Å²) in [6.07, 6.45) is -6.95. The Hall–Kier alpha value is -1.12. The molecule has 0 saturated carbocycles. The van der Waals surface area contributed by atoms with Gasteiger partial charge in [0.15, 0.2) is 0 Å². The average Bonchev–Trinajstić information content (AvgIpc) is 2.34. The minimum Gasteiger partial charge on any atom is -0.485 e. The molecule has 1 aromatic rings. The van der Waals surface area contributed by atoms with E-state index in [1.165, 1.54) is 0 Å². The van der Waals surface area contributed by atoms with Gasteiger partial charge in [0.1, 0.15) is 17.5 Å². The number of aliphatic hydroxyl groups excluding tert-OH is 1. The number of hydrogen-bond acceptors (Lipinski definition) is 3. The third kappa shape index (κ3) is 2.87. The zero-order valence-corrected chi connectivity index (χ0v) is 12.4. The number of aliphatic hydroxyl groups is 1. The van der Waals surface area contributed by atoms with Gasteiger partial charge in [-0.1, -0.05) is 0 Å². The van der Waals surface area contributed by atoms with Gasteiger partial charge in [-0.05, 0) is 32.0 Å². The second-order valence-electron chi connectivity index (χ2n) is 5.50. The molecular formula is C13H15ClF5NO2. The molecule has 2 unspecified atom stereocenters. The monoisotopic (exact) mass is 347 g/mol. The predicted octanol–water partition coefficient (Wildman–Crippen LogP) is 3.29. The number of fused-ring (bicyclic) bond motifs is 1. The number of nitrogens with two attached hydrogens (primary N) is 1. The standard InChI is InChI=1S/C13H14F5NO2.ClH/c1-11(2)10(20)9(19)7-5-6(3-4-8(7)21-11)12(14,15)13(16,17)18;/h3-5,9-10,20H,19H2,1-2H3;1H. The number of halogens is 6. The highest BCUT2D eigenvalue weighted by Crippen LogP contribution is 2.47. The molecule has 1 aliphatic heterocycles. The molecule has 3 nitrogen and oxygen atoms in total. The van der Waals surface area contributed by atoms with E-state index in [4.69, 9.17) is 10.5 Å². The predicted molar refractivity (Wildman–Crippen MR) is 71.3 cm³/mol. The van der Waals surface area contributed by atoms with Crippen molar-refractivity contribution in [3.63, 3.8) is 0 Å². The second kappa shape index (κ2) is 5.50. The van der Waals surface area contributed by atoms with Crippen molar-refractivity contribution < 1.29 is 31.8 Å². The molecule has 0 aliphatic carbocycles. The third-order valence-corrected chi connectivity index (χ3v) is 3.51. The van der Waals surface area contributed by atoms with E-state index in [2.05, 4.69) is 0 Å². The molecule has 1 heterocycles. The van der Waals surface area contributed by atoms with E-state index in [9.17, 15) is 27.1 Å². The van der Waals surface area contributed by atoms with Crippen LogP contribution in [-0.4, -0.2) is 23.0 Å².